The van der Waals surface area contributed by atoms with Crippen LogP contribution >= 0.6 is 0 Å². The van der Waals surface area contributed by atoms with Crippen LogP contribution in [0.4, 0.5) is 5.82 Å². The van der Waals surface area contributed by atoms with E-state index in [9.17, 15) is 24.0 Å². The topological polar surface area (TPSA) is 152 Å². The Hall–Kier alpha value is -5.62. The van der Waals surface area contributed by atoms with E-state index in [-0.39, 0.29) is 22.5 Å². The number of anilines is 1. The number of hydrogen-bond donors (Lipinski definition) is 1. The average molecular weight is 598 g/mol. The van der Waals surface area contributed by atoms with Gasteiger partial charge < -0.3 is 24.3 Å². The van der Waals surface area contributed by atoms with E-state index >= 15 is 0 Å². The van der Waals surface area contributed by atoms with Crippen LogP contribution < -0.4 is 11.0 Å². The number of amides is 1. The van der Waals surface area contributed by atoms with E-state index in [1.54, 1.807) is 78.9 Å². The lowest BCUT2D eigenvalue weighted by molar-refractivity contribution is -0.114. The highest BCUT2D eigenvalue weighted by Crippen LogP contribution is 2.35. The number of nitrogens with one attached hydrogen (secondary N) is 1. The molecule has 1 aromatic heterocycles. The summed E-state index contributed by atoms with van der Waals surface area (Å²) in [6, 6.07) is 25.8. The number of hydrogen-bond acceptors (Lipinski definition) is 10. The number of esters is 3. The van der Waals surface area contributed by atoms with Crippen molar-refractivity contribution in [2.24, 2.45) is 0 Å². The molecule has 5 rings (SSSR count). The van der Waals surface area contributed by atoms with E-state index in [2.05, 4.69) is 10.3 Å². The first-order chi connectivity index (χ1) is 21.3. The summed E-state index contributed by atoms with van der Waals surface area (Å²) in [7, 11) is 0. The van der Waals surface area contributed by atoms with Gasteiger partial charge in [0.15, 0.2) is 18.4 Å². The summed E-state index contributed by atoms with van der Waals surface area (Å²) in [5, 5.41) is 2.42. The van der Waals surface area contributed by atoms with Crippen molar-refractivity contribution in [1.29, 1.82) is 0 Å². The van der Waals surface area contributed by atoms with Gasteiger partial charge in [-0.2, -0.15) is 4.98 Å². The predicted molar refractivity (Wildman–Crippen MR) is 155 cm³/mol. The molecule has 1 aliphatic rings. The van der Waals surface area contributed by atoms with E-state index in [0.29, 0.717) is 0 Å². The fourth-order valence-corrected chi connectivity index (χ4v) is 4.54. The molecule has 224 valence electrons. The third-order valence-electron chi connectivity index (χ3n) is 6.59. The SMILES string of the molecule is CC(=O)Nc1ccn([C@H]2O[C@@H](COC(=O)c3ccccc3)[C@H](OC(=O)c3ccccc3)[C@@H]2OC(=O)c2ccccc2)c(=O)n1. The molecular weight excluding hydrogens is 570 g/mol. The lowest BCUT2D eigenvalue weighted by Crippen LogP contribution is -2.42. The lowest BCUT2D eigenvalue weighted by atomic mass is 10.1. The quantitative estimate of drug-likeness (QED) is 0.224. The molecule has 0 spiro atoms. The lowest BCUT2D eigenvalue weighted by Gasteiger charge is -2.25. The fraction of sp³-hybridized carbons (Fsp3) is 0.188. The maximum atomic E-state index is 13.2. The van der Waals surface area contributed by atoms with E-state index in [0.717, 1.165) is 4.57 Å². The number of carbonyl (C=O) groups excluding carboxylic acids is 4. The minimum Gasteiger partial charge on any atom is -0.459 e. The Morgan fingerprint density at radius 1 is 0.750 bits per heavy atom. The highest BCUT2D eigenvalue weighted by Gasteiger charge is 2.51. The van der Waals surface area contributed by atoms with Gasteiger partial charge in [-0.15, -0.1) is 0 Å². The summed E-state index contributed by atoms with van der Waals surface area (Å²) in [5.74, 6) is -2.64. The van der Waals surface area contributed by atoms with Gasteiger partial charge in [-0.25, -0.2) is 19.2 Å². The first-order valence-electron chi connectivity index (χ1n) is 13.6. The molecule has 0 bridgehead atoms. The van der Waals surface area contributed by atoms with Crippen molar-refractivity contribution in [3.05, 3.63) is 130 Å². The maximum absolute atomic E-state index is 13.2. The first kappa shape index (κ1) is 29.9. The molecule has 0 unspecified atom stereocenters. The Balaban J connectivity index is 1.50. The van der Waals surface area contributed by atoms with Gasteiger partial charge in [0.1, 0.15) is 18.5 Å². The smallest absolute Gasteiger partial charge is 0.351 e. The third kappa shape index (κ3) is 7.05. The Kier molecular flexibility index (Phi) is 9.21. The van der Waals surface area contributed by atoms with Gasteiger partial charge >= 0.3 is 23.6 Å². The molecule has 0 aliphatic carbocycles. The molecule has 44 heavy (non-hydrogen) atoms. The molecule has 0 radical (unpaired) electrons. The van der Waals surface area contributed by atoms with Crippen LogP contribution in [0.2, 0.25) is 0 Å². The Morgan fingerprint density at radius 3 is 1.75 bits per heavy atom. The van der Waals surface area contributed by atoms with Crippen molar-refractivity contribution in [1.82, 2.24) is 9.55 Å². The largest absolute Gasteiger partial charge is 0.459 e. The molecule has 0 saturated carbocycles. The van der Waals surface area contributed by atoms with Gasteiger partial charge in [0, 0.05) is 13.1 Å². The second-order valence-corrected chi connectivity index (χ2v) is 9.69. The van der Waals surface area contributed by atoms with Crippen LogP contribution in [0.5, 0.6) is 0 Å². The zero-order valence-corrected chi connectivity index (χ0v) is 23.4. The van der Waals surface area contributed by atoms with Gasteiger partial charge in [0.2, 0.25) is 5.91 Å². The van der Waals surface area contributed by atoms with Gasteiger partial charge in [0.25, 0.3) is 0 Å². The minimum atomic E-state index is -1.39. The molecule has 2 heterocycles. The van der Waals surface area contributed by atoms with Crippen molar-refractivity contribution in [2.45, 2.75) is 31.5 Å². The highest BCUT2D eigenvalue weighted by molar-refractivity contribution is 5.91. The molecule has 1 fully saturated rings. The molecular formula is C32H27N3O9. The van der Waals surface area contributed by atoms with E-state index in [1.807, 2.05) is 0 Å². The van der Waals surface area contributed by atoms with Crippen molar-refractivity contribution in [2.75, 3.05) is 11.9 Å². The summed E-state index contributed by atoms with van der Waals surface area (Å²) in [5.41, 5.74) is -0.162. The molecule has 1 aliphatic heterocycles. The van der Waals surface area contributed by atoms with Crippen LogP contribution in [0.15, 0.2) is 108 Å². The van der Waals surface area contributed by atoms with Gasteiger partial charge in [-0.05, 0) is 42.5 Å². The van der Waals surface area contributed by atoms with E-state index in [4.69, 9.17) is 18.9 Å². The number of aromatic nitrogens is 2. The molecule has 1 amide bonds. The first-order valence-corrected chi connectivity index (χ1v) is 13.6. The van der Waals surface area contributed by atoms with Crippen LogP contribution in [0.3, 0.4) is 0 Å². The Bertz CT molecular complexity index is 1690. The molecule has 1 N–H and O–H groups in total. The minimum absolute atomic E-state index is 0.00465. The zero-order valence-electron chi connectivity index (χ0n) is 23.4. The summed E-state index contributed by atoms with van der Waals surface area (Å²) in [6.07, 6.45) is -3.95. The fourth-order valence-electron chi connectivity index (χ4n) is 4.54. The number of benzene rings is 3. The van der Waals surface area contributed by atoms with Gasteiger partial charge in [0.05, 0.1) is 16.7 Å². The summed E-state index contributed by atoms with van der Waals surface area (Å²) < 4.78 is 24.4. The van der Waals surface area contributed by atoms with Crippen molar-refractivity contribution >= 4 is 29.6 Å². The standard InChI is InChI=1S/C32H27N3O9/c1-20(36)33-25-17-18-35(32(40)34-25)28-27(44-31(39)23-15-9-4-10-16-23)26(43-30(38)22-13-7-3-8-14-22)24(42-28)19-41-29(37)21-11-5-2-6-12-21/h2-18,24,26-28H,19H2,1H3,(H,33,34,36,40)/t24-,26-,27-,28-/m0/s1. The van der Waals surface area contributed by atoms with Crippen LogP contribution in [0.25, 0.3) is 0 Å². The monoisotopic (exact) mass is 597 g/mol. The number of ether oxygens (including phenoxy) is 4. The van der Waals surface area contributed by atoms with Crippen LogP contribution in [-0.2, 0) is 23.7 Å². The van der Waals surface area contributed by atoms with Crippen molar-refractivity contribution in [3.8, 4) is 0 Å². The highest BCUT2D eigenvalue weighted by atomic mass is 16.7. The number of carbonyl (C=O) groups is 4. The maximum Gasteiger partial charge on any atom is 0.351 e. The van der Waals surface area contributed by atoms with Crippen molar-refractivity contribution in [3.63, 3.8) is 0 Å². The second-order valence-electron chi connectivity index (χ2n) is 9.69. The Morgan fingerprint density at radius 2 is 1.25 bits per heavy atom. The number of nitrogens with zero attached hydrogens (tertiary/aromatic N) is 2. The molecule has 4 aromatic rings. The third-order valence-corrected chi connectivity index (χ3v) is 6.59. The van der Waals surface area contributed by atoms with Crippen LogP contribution in [0, 0.1) is 0 Å². The van der Waals surface area contributed by atoms with Crippen LogP contribution in [0.1, 0.15) is 44.2 Å². The van der Waals surface area contributed by atoms with Gasteiger partial charge in [-0.3, -0.25) is 9.36 Å². The normalized spacial score (nSPS) is 19.0. The van der Waals surface area contributed by atoms with E-state index in [1.165, 1.54) is 31.3 Å². The predicted octanol–water partition coefficient (Wildman–Crippen LogP) is 3.41. The summed E-state index contributed by atoms with van der Waals surface area (Å²) >= 11 is 0. The zero-order chi connectivity index (χ0) is 31.1. The van der Waals surface area contributed by atoms with Gasteiger partial charge in [-0.1, -0.05) is 54.6 Å². The average Bonchev–Trinajstić information content (AvgIpc) is 3.36. The van der Waals surface area contributed by atoms with Crippen LogP contribution in [-0.4, -0.2) is 58.3 Å². The molecule has 3 aromatic carbocycles. The van der Waals surface area contributed by atoms with Crippen molar-refractivity contribution < 1.29 is 38.1 Å². The van der Waals surface area contributed by atoms with E-state index < -0.39 is 60.7 Å². The molecule has 4 atom stereocenters. The second kappa shape index (κ2) is 13.6. The molecule has 12 heteroatoms. The molecule has 12 nitrogen and oxygen atoms in total. The molecule has 1 saturated heterocycles. The number of rotatable bonds is 9. The summed E-state index contributed by atoms with van der Waals surface area (Å²) in [4.78, 5) is 67.7. The summed E-state index contributed by atoms with van der Waals surface area (Å²) in [6.45, 7) is 0.849. The Labute approximate surface area is 251 Å².